The molecule has 0 bridgehead atoms. The van der Waals surface area contributed by atoms with Crippen molar-refractivity contribution in [3.05, 3.63) is 0 Å². The van der Waals surface area contributed by atoms with Gasteiger partial charge < -0.3 is 0 Å². The fourth-order valence-electron chi connectivity index (χ4n) is 1.07. The molecule has 0 aromatic rings. The molecular weight excluding hydrogens is 625 g/mol. The molecule has 0 atom stereocenters. The third-order valence-electron chi connectivity index (χ3n) is 1.99. The lowest BCUT2D eigenvalue weighted by Gasteiger charge is -2.03. The second-order valence-electron chi connectivity index (χ2n) is 3.86. The Bertz CT molecular complexity index is 235. The van der Waals surface area contributed by atoms with Crippen molar-refractivity contribution in [2.45, 2.75) is 0 Å². The van der Waals surface area contributed by atoms with Crippen LogP contribution in [-0.4, -0.2) is 67.7 Å². The van der Waals surface area contributed by atoms with E-state index in [-0.39, 0.29) is 0 Å². The van der Waals surface area contributed by atoms with Gasteiger partial charge in [-0.25, -0.2) is 0 Å². The molecule has 15 heteroatoms. The summed E-state index contributed by atoms with van der Waals surface area (Å²) < 4.78 is 0. The van der Waals surface area contributed by atoms with E-state index < -0.39 is 0 Å². The van der Waals surface area contributed by atoms with Crippen LogP contribution >= 0.6 is 165 Å². The Morgan fingerprint density at radius 3 is 1.22 bits per heavy atom. The highest BCUT2D eigenvalue weighted by Gasteiger charge is 1.97. The van der Waals surface area contributed by atoms with E-state index in [2.05, 4.69) is 36.1 Å². The van der Waals surface area contributed by atoms with Crippen molar-refractivity contribution >= 4 is 165 Å². The summed E-state index contributed by atoms with van der Waals surface area (Å²) in [4.78, 5) is 0. The normalized spacial score (nSPS) is 11.3. The summed E-state index contributed by atoms with van der Waals surface area (Å²) in [6, 6.07) is 0. The van der Waals surface area contributed by atoms with Crippen LogP contribution < -0.4 is 0 Å². The second-order valence-corrected chi connectivity index (χ2v) is 22.6. The zero-order valence-corrected chi connectivity index (χ0v) is 27.1. The van der Waals surface area contributed by atoms with Crippen LogP contribution in [0.4, 0.5) is 0 Å². The van der Waals surface area contributed by atoms with Gasteiger partial charge in [0.25, 0.3) is 0 Å². The molecule has 0 aliphatic rings. The van der Waals surface area contributed by atoms with E-state index >= 15 is 0 Å². The summed E-state index contributed by atoms with van der Waals surface area (Å²) in [6.45, 7) is 0. The molecule has 0 saturated heterocycles. The maximum Gasteiger partial charge on any atom is 0.0600 e. The van der Waals surface area contributed by atoms with Crippen LogP contribution in [0.2, 0.25) is 0 Å². The predicted molar refractivity (Wildman–Crippen MR) is 175 cm³/mol. The Kier molecular flexibility index (Phi) is 37.3. The van der Waals surface area contributed by atoms with Gasteiger partial charge in [-0.2, -0.15) is 24.4 Å². The minimum Gasteiger partial charge on any atom is -0.167 e. The molecule has 0 aromatic carbocycles. The third-order valence-corrected chi connectivity index (χ3v) is 19.8. The highest BCUT2D eigenvalue weighted by Crippen LogP contribution is 2.34. The van der Waals surface area contributed by atoms with Gasteiger partial charge in [-0.15, -0.1) is 0 Å². The average molecular weight is 651 g/mol. The van der Waals surface area contributed by atoms with Crippen molar-refractivity contribution in [1.82, 2.24) is 0 Å². The topological polar surface area (TPSA) is 0 Å². The standard InChI is InChI=1S/C12H26S15/c13-11-24-20-7-5-17-16-3-1-15-2-4-21-25-12-26-22-8-6-18-19-9-10-23-27-14/h13-14H,1-12H2. The van der Waals surface area contributed by atoms with Crippen LogP contribution in [0.1, 0.15) is 0 Å². The molecule has 0 radical (unpaired) electrons. The Morgan fingerprint density at radius 1 is 0.407 bits per heavy atom. The van der Waals surface area contributed by atoms with Crippen LogP contribution in [0, 0.1) is 0 Å². The Balaban J connectivity index is 2.95. The lowest BCUT2D eigenvalue weighted by molar-refractivity contribution is 1.50. The van der Waals surface area contributed by atoms with Crippen LogP contribution in [0.15, 0.2) is 0 Å². The SMILES string of the molecule is SCSSCCSSCCSCCSSCSSCCSSCCSSS. The second kappa shape index (κ2) is 31.2. The maximum atomic E-state index is 4.19. The number of thioether (sulfide) groups is 1. The monoisotopic (exact) mass is 650 g/mol. The predicted octanol–water partition coefficient (Wildman–Crippen LogP) is 9.70. The van der Waals surface area contributed by atoms with E-state index in [9.17, 15) is 0 Å². The first-order chi connectivity index (χ1) is 13.4. The van der Waals surface area contributed by atoms with E-state index in [1.54, 1.807) is 9.83 Å². The fourth-order valence-corrected chi connectivity index (χ4v) is 17.9. The number of rotatable bonds is 24. The molecule has 0 aromatic heterocycles. The van der Waals surface area contributed by atoms with E-state index in [1.807, 2.05) is 119 Å². The van der Waals surface area contributed by atoms with Crippen molar-refractivity contribution in [3.63, 3.8) is 0 Å². The fraction of sp³-hybridized carbons (Fsp3) is 1.00. The molecule has 164 valence electrons. The van der Waals surface area contributed by atoms with Crippen molar-refractivity contribution in [2.75, 3.05) is 67.7 Å². The van der Waals surface area contributed by atoms with Crippen molar-refractivity contribution in [2.24, 2.45) is 0 Å². The molecule has 0 N–H and O–H groups in total. The van der Waals surface area contributed by atoms with Crippen LogP contribution in [-0.2, 0) is 0 Å². The Hall–Kier alpha value is 5.25. The summed E-state index contributed by atoms with van der Waals surface area (Å²) in [7, 11) is 23.3. The molecule has 0 rings (SSSR count). The van der Waals surface area contributed by atoms with E-state index in [1.165, 1.54) is 62.6 Å². The molecule has 0 unspecified atom stereocenters. The van der Waals surface area contributed by atoms with Crippen molar-refractivity contribution < 1.29 is 0 Å². The first-order valence-electron chi connectivity index (χ1n) is 7.75. The zero-order valence-electron chi connectivity index (χ0n) is 14.7. The zero-order chi connectivity index (χ0) is 19.7. The summed E-state index contributed by atoms with van der Waals surface area (Å²) >= 11 is 10.4. The van der Waals surface area contributed by atoms with Gasteiger partial charge in [0, 0.05) is 62.6 Å². The number of thiol groups is 2. The highest BCUT2D eigenvalue weighted by molar-refractivity contribution is 9.05. The van der Waals surface area contributed by atoms with Gasteiger partial charge in [0.1, 0.15) is 0 Å². The summed E-state index contributed by atoms with van der Waals surface area (Å²) in [5, 5.41) is 2.12. The highest BCUT2D eigenvalue weighted by atomic mass is 33.5. The molecule has 0 saturated carbocycles. The Morgan fingerprint density at radius 2 is 0.778 bits per heavy atom. The molecule has 27 heavy (non-hydrogen) atoms. The molecular formula is C12H26S15. The van der Waals surface area contributed by atoms with E-state index in [0.717, 1.165) is 5.08 Å². The molecule has 0 aliphatic heterocycles. The van der Waals surface area contributed by atoms with Gasteiger partial charge in [0.05, 0.1) is 5.08 Å². The first-order valence-corrected chi connectivity index (χ1v) is 25.4. The van der Waals surface area contributed by atoms with Gasteiger partial charge in [-0.1, -0.05) is 130 Å². The average Bonchev–Trinajstić information content (AvgIpc) is 2.68. The quantitative estimate of drug-likeness (QED) is 0.0441. The number of hydrogen-bond donors (Lipinski definition) is 2. The van der Waals surface area contributed by atoms with E-state index in [4.69, 9.17) is 0 Å². The third kappa shape index (κ3) is 31.2. The van der Waals surface area contributed by atoms with Crippen LogP contribution in [0.3, 0.4) is 0 Å². The summed E-state index contributed by atoms with van der Waals surface area (Å²) in [5.41, 5.74) is 0. The molecule has 0 fully saturated rings. The van der Waals surface area contributed by atoms with Crippen LogP contribution in [0.25, 0.3) is 0 Å². The molecule has 0 nitrogen and oxygen atoms in total. The maximum absolute atomic E-state index is 4.19. The lowest BCUT2D eigenvalue weighted by Crippen LogP contribution is -1.88. The molecule has 0 aliphatic carbocycles. The van der Waals surface area contributed by atoms with Gasteiger partial charge in [-0.3, -0.25) is 0 Å². The molecule has 0 spiro atoms. The summed E-state index contributed by atoms with van der Waals surface area (Å²) in [6.07, 6.45) is 0. The van der Waals surface area contributed by atoms with Crippen molar-refractivity contribution in [1.29, 1.82) is 0 Å². The Labute approximate surface area is 228 Å². The van der Waals surface area contributed by atoms with Gasteiger partial charge in [0.15, 0.2) is 0 Å². The van der Waals surface area contributed by atoms with Gasteiger partial charge in [-0.05, 0) is 9.83 Å². The van der Waals surface area contributed by atoms with E-state index in [0.29, 0.717) is 0 Å². The summed E-state index contributed by atoms with van der Waals surface area (Å²) in [5.74, 6) is 12.5. The van der Waals surface area contributed by atoms with Gasteiger partial charge >= 0.3 is 0 Å². The van der Waals surface area contributed by atoms with Gasteiger partial charge in [0.2, 0.25) is 0 Å². The van der Waals surface area contributed by atoms with Crippen LogP contribution in [0.5, 0.6) is 0 Å². The van der Waals surface area contributed by atoms with Crippen molar-refractivity contribution in [3.8, 4) is 0 Å². The molecule has 0 heterocycles. The molecule has 0 amide bonds. The lowest BCUT2D eigenvalue weighted by atomic mass is 10.9. The minimum atomic E-state index is 0.918. The largest absolute Gasteiger partial charge is 0.167 e. The first kappa shape index (κ1) is 32.2. The smallest absolute Gasteiger partial charge is 0.0600 e. The number of hydrogen-bond acceptors (Lipinski definition) is 15. The minimum absolute atomic E-state index is 0.918.